The van der Waals surface area contributed by atoms with Crippen LogP contribution < -0.4 is 5.32 Å². The highest BCUT2D eigenvalue weighted by Crippen LogP contribution is 2.20. The normalized spacial score (nSPS) is 11.8. The molecule has 0 saturated carbocycles. The summed E-state index contributed by atoms with van der Waals surface area (Å²) in [5.41, 5.74) is 2.92. The highest BCUT2D eigenvalue weighted by molar-refractivity contribution is 14.1. The van der Waals surface area contributed by atoms with Gasteiger partial charge in [0, 0.05) is 3.57 Å². The Balaban J connectivity index is 1.57. The summed E-state index contributed by atoms with van der Waals surface area (Å²) in [6.07, 6.45) is 1.30. The number of imidazole rings is 1. The predicted octanol–water partition coefficient (Wildman–Crippen LogP) is 4.67. The maximum atomic E-state index is 11.9. The number of benzene rings is 2. The molecule has 1 atom stereocenters. The van der Waals surface area contributed by atoms with Crippen molar-refractivity contribution in [2.75, 3.05) is 0 Å². The minimum absolute atomic E-state index is 0.242. The van der Waals surface area contributed by atoms with Crippen LogP contribution in [0.3, 0.4) is 0 Å². The zero-order valence-corrected chi connectivity index (χ0v) is 15.9. The number of carbonyl (C=O) groups is 1. The molecule has 1 aromatic heterocycles. The van der Waals surface area contributed by atoms with E-state index in [1.165, 1.54) is 3.57 Å². The number of halogens is 1. The molecule has 2 aromatic carbocycles. The Hall–Kier alpha value is -2.35. The van der Waals surface area contributed by atoms with Crippen molar-refractivity contribution in [1.82, 2.24) is 15.3 Å². The summed E-state index contributed by atoms with van der Waals surface area (Å²) in [6, 6.07) is 17.4. The SMILES string of the molecule is C[C@@H](NC(=O)OCc1ccccc1)c1ncc(-c2ccc(I)cc2)[nH]1. The fourth-order valence-corrected chi connectivity index (χ4v) is 2.70. The first-order valence-corrected chi connectivity index (χ1v) is 8.98. The Morgan fingerprint density at radius 3 is 2.64 bits per heavy atom. The standard InChI is InChI=1S/C19H18IN3O2/c1-13(22-19(24)25-12-14-5-3-2-4-6-14)18-21-11-17(23-18)15-7-9-16(20)10-8-15/h2-11,13H,12H2,1H3,(H,21,23)(H,22,24)/t13-/m1/s1. The maximum absolute atomic E-state index is 11.9. The van der Waals surface area contributed by atoms with E-state index in [1.54, 1.807) is 6.20 Å². The van der Waals surface area contributed by atoms with Gasteiger partial charge in [0.15, 0.2) is 0 Å². The number of amides is 1. The Bertz CT molecular complexity index is 831. The summed E-state index contributed by atoms with van der Waals surface area (Å²) in [4.78, 5) is 19.5. The van der Waals surface area contributed by atoms with E-state index in [4.69, 9.17) is 4.74 Å². The molecule has 0 bridgehead atoms. The van der Waals surface area contributed by atoms with E-state index in [2.05, 4.69) is 37.9 Å². The zero-order valence-electron chi connectivity index (χ0n) is 13.7. The minimum atomic E-state index is -0.469. The van der Waals surface area contributed by atoms with E-state index in [-0.39, 0.29) is 12.6 Å². The number of H-pyrrole nitrogens is 1. The maximum Gasteiger partial charge on any atom is 0.408 e. The van der Waals surface area contributed by atoms with Crippen LogP contribution in [0.2, 0.25) is 0 Å². The van der Waals surface area contributed by atoms with Crippen LogP contribution in [-0.4, -0.2) is 16.1 Å². The van der Waals surface area contributed by atoms with Crippen molar-refractivity contribution >= 4 is 28.7 Å². The number of carbonyl (C=O) groups excluding carboxylic acids is 1. The van der Waals surface area contributed by atoms with Crippen LogP contribution in [0, 0.1) is 3.57 Å². The van der Waals surface area contributed by atoms with Gasteiger partial charge in [-0.25, -0.2) is 9.78 Å². The number of aromatic amines is 1. The van der Waals surface area contributed by atoms with Crippen molar-refractivity contribution < 1.29 is 9.53 Å². The molecule has 5 nitrogen and oxygen atoms in total. The summed E-state index contributed by atoms with van der Waals surface area (Å²) in [5, 5.41) is 2.78. The third kappa shape index (κ3) is 4.82. The lowest BCUT2D eigenvalue weighted by Gasteiger charge is -2.12. The van der Waals surface area contributed by atoms with E-state index < -0.39 is 6.09 Å². The van der Waals surface area contributed by atoms with E-state index in [0.717, 1.165) is 16.8 Å². The third-order valence-electron chi connectivity index (χ3n) is 3.71. The first kappa shape index (κ1) is 17.5. The van der Waals surface area contributed by atoms with E-state index >= 15 is 0 Å². The summed E-state index contributed by atoms with van der Waals surface area (Å²) in [6.45, 7) is 2.10. The lowest BCUT2D eigenvalue weighted by Crippen LogP contribution is -2.27. The second-order valence-electron chi connectivity index (χ2n) is 5.62. The Kier molecular flexibility index (Phi) is 5.70. The Labute approximate surface area is 160 Å². The van der Waals surface area contributed by atoms with Crippen LogP contribution in [-0.2, 0) is 11.3 Å². The minimum Gasteiger partial charge on any atom is -0.445 e. The number of hydrogen-bond donors (Lipinski definition) is 2. The van der Waals surface area contributed by atoms with Gasteiger partial charge in [0.05, 0.1) is 17.9 Å². The first-order chi connectivity index (χ1) is 12.1. The molecule has 1 amide bonds. The monoisotopic (exact) mass is 447 g/mol. The lowest BCUT2D eigenvalue weighted by molar-refractivity contribution is 0.136. The van der Waals surface area contributed by atoms with Crippen LogP contribution in [0.15, 0.2) is 60.8 Å². The molecule has 0 aliphatic rings. The summed E-state index contributed by atoms with van der Waals surface area (Å²) >= 11 is 2.27. The second-order valence-corrected chi connectivity index (χ2v) is 6.86. The molecule has 1 heterocycles. The molecule has 0 fully saturated rings. The van der Waals surface area contributed by atoms with Crippen molar-refractivity contribution in [3.63, 3.8) is 0 Å². The summed E-state index contributed by atoms with van der Waals surface area (Å²) in [5.74, 6) is 0.685. The average Bonchev–Trinajstić information content (AvgIpc) is 3.12. The predicted molar refractivity (Wildman–Crippen MR) is 105 cm³/mol. The summed E-state index contributed by atoms with van der Waals surface area (Å²) < 4.78 is 6.41. The number of hydrogen-bond acceptors (Lipinski definition) is 3. The average molecular weight is 447 g/mol. The zero-order chi connectivity index (χ0) is 17.6. The Morgan fingerprint density at radius 1 is 1.20 bits per heavy atom. The fraction of sp³-hybridized carbons (Fsp3) is 0.158. The largest absolute Gasteiger partial charge is 0.445 e. The van der Waals surface area contributed by atoms with Crippen LogP contribution in [0.5, 0.6) is 0 Å². The van der Waals surface area contributed by atoms with Gasteiger partial charge in [-0.3, -0.25) is 0 Å². The van der Waals surface area contributed by atoms with E-state index in [1.807, 2.05) is 61.5 Å². The first-order valence-electron chi connectivity index (χ1n) is 7.90. The van der Waals surface area contributed by atoms with Gasteiger partial charge >= 0.3 is 6.09 Å². The number of rotatable bonds is 5. The molecule has 3 rings (SSSR count). The quantitative estimate of drug-likeness (QED) is 0.559. The van der Waals surface area contributed by atoms with Gasteiger partial charge in [0.2, 0.25) is 0 Å². The molecule has 0 saturated heterocycles. The molecule has 0 aliphatic carbocycles. The second kappa shape index (κ2) is 8.15. The smallest absolute Gasteiger partial charge is 0.408 e. The van der Waals surface area contributed by atoms with Crippen molar-refractivity contribution in [2.24, 2.45) is 0 Å². The van der Waals surface area contributed by atoms with E-state index in [9.17, 15) is 4.79 Å². The van der Waals surface area contributed by atoms with Crippen molar-refractivity contribution in [1.29, 1.82) is 0 Å². The molecule has 2 N–H and O–H groups in total. The number of ether oxygens (including phenoxy) is 1. The fourth-order valence-electron chi connectivity index (χ4n) is 2.34. The lowest BCUT2D eigenvalue weighted by atomic mass is 10.2. The molecule has 0 unspecified atom stereocenters. The van der Waals surface area contributed by atoms with Gasteiger partial charge in [-0.2, -0.15) is 0 Å². The van der Waals surface area contributed by atoms with Crippen LogP contribution >= 0.6 is 22.6 Å². The molecule has 0 radical (unpaired) electrons. The molecule has 0 aliphatic heterocycles. The van der Waals surface area contributed by atoms with Gasteiger partial charge in [-0.05, 0) is 52.8 Å². The molecule has 0 spiro atoms. The van der Waals surface area contributed by atoms with Crippen LogP contribution in [0.1, 0.15) is 24.4 Å². The van der Waals surface area contributed by atoms with Crippen molar-refractivity contribution in [3.05, 3.63) is 75.8 Å². The summed E-state index contributed by atoms with van der Waals surface area (Å²) in [7, 11) is 0. The van der Waals surface area contributed by atoms with Gasteiger partial charge < -0.3 is 15.0 Å². The van der Waals surface area contributed by atoms with Gasteiger partial charge in [0.25, 0.3) is 0 Å². The Morgan fingerprint density at radius 2 is 1.92 bits per heavy atom. The van der Waals surface area contributed by atoms with Crippen LogP contribution in [0.25, 0.3) is 11.3 Å². The number of nitrogens with zero attached hydrogens (tertiary/aromatic N) is 1. The van der Waals surface area contributed by atoms with Gasteiger partial charge in [-0.15, -0.1) is 0 Å². The van der Waals surface area contributed by atoms with Gasteiger partial charge in [0.1, 0.15) is 12.4 Å². The molecular weight excluding hydrogens is 429 g/mol. The van der Waals surface area contributed by atoms with E-state index in [0.29, 0.717) is 5.82 Å². The molecular formula is C19H18IN3O2. The highest BCUT2D eigenvalue weighted by atomic mass is 127. The molecule has 25 heavy (non-hydrogen) atoms. The topological polar surface area (TPSA) is 67.0 Å². The molecule has 3 aromatic rings. The third-order valence-corrected chi connectivity index (χ3v) is 4.43. The highest BCUT2D eigenvalue weighted by Gasteiger charge is 2.14. The molecule has 128 valence electrons. The van der Waals surface area contributed by atoms with Crippen molar-refractivity contribution in [2.45, 2.75) is 19.6 Å². The van der Waals surface area contributed by atoms with Crippen LogP contribution in [0.4, 0.5) is 4.79 Å². The number of nitrogens with one attached hydrogen (secondary N) is 2. The number of aromatic nitrogens is 2. The number of alkyl carbamates (subject to hydrolysis) is 1. The molecule has 6 heteroatoms. The van der Waals surface area contributed by atoms with Gasteiger partial charge in [-0.1, -0.05) is 42.5 Å². The van der Waals surface area contributed by atoms with Crippen molar-refractivity contribution in [3.8, 4) is 11.3 Å².